The minimum Gasteiger partial charge on any atom is -0.399 e. The van der Waals surface area contributed by atoms with Crippen LogP contribution >= 0.6 is 23.4 Å². The Balaban J connectivity index is 1.73. The molecule has 2 N–H and O–H groups in total. The van der Waals surface area contributed by atoms with Crippen LogP contribution in [-0.4, -0.2) is 10.7 Å². The largest absolute Gasteiger partial charge is 0.399 e. The second kappa shape index (κ2) is 6.66. The summed E-state index contributed by atoms with van der Waals surface area (Å²) in [6, 6.07) is 11.9. The van der Waals surface area contributed by atoms with Crippen molar-refractivity contribution in [3.8, 4) is 0 Å². The van der Waals surface area contributed by atoms with Gasteiger partial charge in [-0.25, -0.2) is 4.98 Å². The molecule has 0 saturated carbocycles. The van der Waals surface area contributed by atoms with Gasteiger partial charge in [0.2, 0.25) is 0 Å². The van der Waals surface area contributed by atoms with Crippen LogP contribution in [0.5, 0.6) is 0 Å². The Morgan fingerprint density at radius 3 is 2.56 bits per heavy atom. The van der Waals surface area contributed by atoms with Crippen LogP contribution in [0.3, 0.4) is 0 Å². The van der Waals surface area contributed by atoms with E-state index in [9.17, 15) is 0 Å². The summed E-state index contributed by atoms with van der Waals surface area (Å²) in [5.74, 6) is 1.05. The smallest absolute Gasteiger partial charge is 0.0960 e. The summed E-state index contributed by atoms with van der Waals surface area (Å²) in [7, 11) is 0. The summed E-state index contributed by atoms with van der Waals surface area (Å²) >= 11 is 7.54. The summed E-state index contributed by atoms with van der Waals surface area (Å²) < 4.78 is 0. The zero-order chi connectivity index (χ0) is 12.8. The van der Waals surface area contributed by atoms with E-state index in [1.165, 1.54) is 5.56 Å². The highest BCUT2D eigenvalue weighted by Crippen LogP contribution is 2.19. The topological polar surface area (TPSA) is 38.9 Å². The van der Waals surface area contributed by atoms with E-state index in [-0.39, 0.29) is 0 Å². The number of hydrogen-bond donors (Lipinski definition) is 1. The Hall–Kier alpha value is -1.19. The Labute approximate surface area is 117 Å². The van der Waals surface area contributed by atoms with Crippen LogP contribution in [0, 0.1) is 0 Å². The third-order valence-corrected chi connectivity index (χ3v) is 3.79. The first-order chi connectivity index (χ1) is 8.74. The van der Waals surface area contributed by atoms with Crippen molar-refractivity contribution in [2.24, 2.45) is 0 Å². The van der Waals surface area contributed by atoms with E-state index < -0.39 is 0 Å². The highest BCUT2D eigenvalue weighted by atomic mass is 35.5. The number of hydrogen-bond acceptors (Lipinski definition) is 3. The van der Waals surface area contributed by atoms with E-state index >= 15 is 0 Å². The van der Waals surface area contributed by atoms with Gasteiger partial charge < -0.3 is 5.73 Å². The van der Waals surface area contributed by atoms with Gasteiger partial charge in [-0.15, -0.1) is 11.8 Å². The summed E-state index contributed by atoms with van der Waals surface area (Å²) in [6.07, 6.45) is 3.88. The fourth-order valence-electron chi connectivity index (χ4n) is 1.58. The van der Waals surface area contributed by atoms with E-state index in [0.717, 1.165) is 29.3 Å². The maximum atomic E-state index is 5.78. The molecule has 0 aliphatic carbocycles. The SMILES string of the molecule is Nc1ccc(CCCSc2ccc(Cl)cn2)cc1. The lowest BCUT2D eigenvalue weighted by molar-refractivity contribution is 0.931. The Morgan fingerprint density at radius 2 is 1.89 bits per heavy atom. The van der Waals surface area contributed by atoms with Crippen LogP contribution in [0.1, 0.15) is 12.0 Å². The second-order valence-electron chi connectivity index (χ2n) is 4.01. The van der Waals surface area contributed by atoms with Gasteiger partial charge in [0.25, 0.3) is 0 Å². The van der Waals surface area contributed by atoms with E-state index in [4.69, 9.17) is 17.3 Å². The number of thioether (sulfide) groups is 1. The summed E-state index contributed by atoms with van der Waals surface area (Å²) in [5, 5.41) is 1.71. The molecule has 1 aromatic heterocycles. The third-order valence-electron chi connectivity index (χ3n) is 2.54. The van der Waals surface area contributed by atoms with Crippen LogP contribution in [0.25, 0.3) is 0 Å². The standard InChI is InChI=1S/C14H15ClN2S/c15-12-5-8-14(17-10-12)18-9-1-2-11-3-6-13(16)7-4-11/h3-8,10H,1-2,9,16H2. The molecule has 0 radical (unpaired) electrons. The van der Waals surface area contributed by atoms with Crippen molar-refractivity contribution in [3.05, 3.63) is 53.2 Å². The zero-order valence-corrected chi connectivity index (χ0v) is 11.5. The van der Waals surface area contributed by atoms with Gasteiger partial charge >= 0.3 is 0 Å². The molecule has 0 atom stereocenters. The number of pyridine rings is 1. The van der Waals surface area contributed by atoms with Crippen LogP contribution in [0.15, 0.2) is 47.6 Å². The molecule has 0 spiro atoms. The molecule has 0 amide bonds. The number of rotatable bonds is 5. The van der Waals surface area contributed by atoms with E-state index in [0.29, 0.717) is 5.02 Å². The molecule has 0 fully saturated rings. The number of aryl methyl sites for hydroxylation is 1. The van der Waals surface area contributed by atoms with Gasteiger partial charge in [-0.05, 0) is 48.4 Å². The quantitative estimate of drug-likeness (QED) is 0.510. The van der Waals surface area contributed by atoms with Gasteiger partial charge in [-0.2, -0.15) is 0 Å². The predicted octanol–water partition coefficient (Wildman–Crippen LogP) is 4.04. The molecule has 2 aromatic rings. The van der Waals surface area contributed by atoms with Crippen molar-refractivity contribution in [1.82, 2.24) is 4.98 Å². The molecule has 1 aromatic carbocycles. The molecule has 4 heteroatoms. The Kier molecular flexibility index (Phi) is 4.90. The second-order valence-corrected chi connectivity index (χ2v) is 5.56. The average Bonchev–Trinajstić information content (AvgIpc) is 2.39. The minimum atomic E-state index is 0.682. The summed E-state index contributed by atoms with van der Waals surface area (Å²) in [6.45, 7) is 0. The van der Waals surface area contributed by atoms with Crippen molar-refractivity contribution in [3.63, 3.8) is 0 Å². The normalized spacial score (nSPS) is 10.5. The van der Waals surface area contributed by atoms with Crippen LogP contribution in [0.4, 0.5) is 5.69 Å². The Bertz CT molecular complexity index is 435. The molecule has 0 saturated heterocycles. The number of halogens is 1. The van der Waals surface area contributed by atoms with E-state index in [1.54, 1.807) is 18.0 Å². The number of nitrogens with two attached hydrogens (primary N) is 1. The van der Waals surface area contributed by atoms with Crippen molar-refractivity contribution >= 4 is 29.1 Å². The molecule has 0 unspecified atom stereocenters. The minimum absolute atomic E-state index is 0.682. The molecule has 0 aliphatic heterocycles. The molecule has 0 bridgehead atoms. The van der Waals surface area contributed by atoms with Crippen LogP contribution in [-0.2, 0) is 6.42 Å². The summed E-state index contributed by atoms with van der Waals surface area (Å²) in [5.41, 5.74) is 7.79. The molecule has 18 heavy (non-hydrogen) atoms. The van der Waals surface area contributed by atoms with Crippen molar-refractivity contribution < 1.29 is 0 Å². The lowest BCUT2D eigenvalue weighted by atomic mass is 10.1. The third kappa shape index (κ3) is 4.24. The van der Waals surface area contributed by atoms with Crippen LogP contribution < -0.4 is 5.73 Å². The zero-order valence-electron chi connectivity index (χ0n) is 9.97. The number of nitrogen functional groups attached to an aromatic ring is 1. The Morgan fingerprint density at radius 1 is 1.11 bits per heavy atom. The van der Waals surface area contributed by atoms with E-state index in [2.05, 4.69) is 17.1 Å². The van der Waals surface area contributed by atoms with Gasteiger partial charge in [0.15, 0.2) is 0 Å². The molecule has 2 rings (SSSR count). The van der Waals surface area contributed by atoms with Gasteiger partial charge in [-0.3, -0.25) is 0 Å². The van der Waals surface area contributed by atoms with Crippen molar-refractivity contribution in [2.45, 2.75) is 17.9 Å². The van der Waals surface area contributed by atoms with Gasteiger partial charge in [-0.1, -0.05) is 23.7 Å². The van der Waals surface area contributed by atoms with Gasteiger partial charge in [0.05, 0.1) is 10.0 Å². The molecular weight excluding hydrogens is 264 g/mol. The highest BCUT2D eigenvalue weighted by molar-refractivity contribution is 7.99. The number of benzene rings is 1. The van der Waals surface area contributed by atoms with Gasteiger partial charge in [0.1, 0.15) is 0 Å². The van der Waals surface area contributed by atoms with Gasteiger partial charge in [0, 0.05) is 11.9 Å². The highest BCUT2D eigenvalue weighted by Gasteiger charge is 1.97. The van der Waals surface area contributed by atoms with Crippen molar-refractivity contribution in [1.29, 1.82) is 0 Å². The molecule has 0 aliphatic rings. The first kappa shape index (κ1) is 13.2. The first-order valence-electron chi connectivity index (χ1n) is 5.83. The number of anilines is 1. The molecule has 94 valence electrons. The van der Waals surface area contributed by atoms with Crippen LogP contribution in [0.2, 0.25) is 5.02 Å². The average molecular weight is 279 g/mol. The summed E-state index contributed by atoms with van der Waals surface area (Å²) in [4.78, 5) is 4.25. The number of nitrogens with zero attached hydrogens (tertiary/aromatic N) is 1. The lowest BCUT2D eigenvalue weighted by Gasteiger charge is -2.02. The predicted molar refractivity (Wildman–Crippen MR) is 79.1 cm³/mol. The fraction of sp³-hybridized carbons (Fsp3) is 0.214. The monoisotopic (exact) mass is 278 g/mol. The molecule has 1 heterocycles. The molecular formula is C14H15ClN2S. The maximum absolute atomic E-state index is 5.78. The van der Waals surface area contributed by atoms with E-state index in [1.807, 2.05) is 24.3 Å². The lowest BCUT2D eigenvalue weighted by Crippen LogP contribution is -1.90. The van der Waals surface area contributed by atoms with Crippen molar-refractivity contribution in [2.75, 3.05) is 11.5 Å². The number of aromatic nitrogens is 1. The first-order valence-corrected chi connectivity index (χ1v) is 7.19. The molecule has 2 nitrogen and oxygen atoms in total. The maximum Gasteiger partial charge on any atom is 0.0960 e. The fourth-order valence-corrected chi connectivity index (χ4v) is 2.49.